The van der Waals surface area contributed by atoms with Gasteiger partial charge in [0.05, 0.1) is 12.1 Å². The highest BCUT2D eigenvalue weighted by Gasteiger charge is 2.46. The van der Waals surface area contributed by atoms with E-state index in [1.165, 1.54) is 18.9 Å². The molecule has 2 heterocycles. The van der Waals surface area contributed by atoms with Gasteiger partial charge in [-0.15, -0.1) is 0 Å². The van der Waals surface area contributed by atoms with Crippen LogP contribution in [0.15, 0.2) is 42.6 Å². The SMILES string of the molecule is CCc1cnc2c(c1)[C@@H](NC[C@@H](O)[C@H](Cc1ccccc1)NC(C)=O)CC1(CCC1)O2. The molecule has 3 atom stereocenters. The lowest BCUT2D eigenvalue weighted by Crippen LogP contribution is -2.52. The molecule has 6 heteroatoms. The zero-order valence-corrected chi connectivity index (χ0v) is 18.4. The van der Waals surface area contributed by atoms with Crippen molar-refractivity contribution < 1.29 is 14.6 Å². The van der Waals surface area contributed by atoms with Crippen molar-refractivity contribution in [3.63, 3.8) is 0 Å². The van der Waals surface area contributed by atoms with Crippen molar-refractivity contribution in [1.82, 2.24) is 15.6 Å². The summed E-state index contributed by atoms with van der Waals surface area (Å²) in [4.78, 5) is 16.3. The predicted molar refractivity (Wildman–Crippen MR) is 120 cm³/mol. The first-order valence-electron chi connectivity index (χ1n) is 11.4. The van der Waals surface area contributed by atoms with Crippen LogP contribution in [-0.4, -0.2) is 40.3 Å². The highest BCUT2D eigenvalue weighted by atomic mass is 16.5. The number of aliphatic hydroxyl groups excluding tert-OH is 1. The number of nitrogens with one attached hydrogen (secondary N) is 2. The maximum absolute atomic E-state index is 11.8. The average molecular weight is 424 g/mol. The number of benzene rings is 1. The Hall–Kier alpha value is -2.44. The Morgan fingerprint density at radius 1 is 1.29 bits per heavy atom. The standard InChI is InChI=1S/C25H33N3O3/c1-3-18-12-20-22(14-25(10-7-11-25)31-24(20)27-15-18)26-16-23(30)21(28-17(2)29)13-19-8-5-4-6-9-19/h4-6,8-9,12,15,21-23,26,30H,3,7,10-11,13-14,16H2,1-2H3,(H,28,29)/t21-,22-,23+/m0/s1. The molecule has 1 spiro atoms. The number of aryl methyl sites for hydroxylation is 1. The minimum atomic E-state index is -0.713. The number of aliphatic hydroxyl groups is 1. The number of hydrogen-bond donors (Lipinski definition) is 3. The summed E-state index contributed by atoms with van der Waals surface area (Å²) in [5.74, 6) is 0.583. The molecule has 3 N–H and O–H groups in total. The van der Waals surface area contributed by atoms with Crippen molar-refractivity contribution in [2.24, 2.45) is 0 Å². The molecule has 1 saturated carbocycles. The molecule has 1 aromatic heterocycles. The lowest BCUT2D eigenvalue weighted by Gasteiger charge is -2.47. The van der Waals surface area contributed by atoms with E-state index in [-0.39, 0.29) is 23.6 Å². The van der Waals surface area contributed by atoms with Gasteiger partial charge >= 0.3 is 0 Å². The Balaban J connectivity index is 1.47. The van der Waals surface area contributed by atoms with Crippen molar-refractivity contribution >= 4 is 5.91 Å². The highest BCUT2D eigenvalue weighted by Crippen LogP contribution is 2.48. The molecule has 4 rings (SSSR count). The van der Waals surface area contributed by atoms with E-state index in [2.05, 4.69) is 28.6 Å². The van der Waals surface area contributed by atoms with Crippen molar-refractivity contribution in [3.05, 3.63) is 59.3 Å². The van der Waals surface area contributed by atoms with E-state index in [1.54, 1.807) is 0 Å². The molecule has 1 fully saturated rings. The normalized spacial score (nSPS) is 20.8. The van der Waals surface area contributed by atoms with Crippen molar-refractivity contribution in [2.75, 3.05) is 6.54 Å². The number of rotatable bonds is 8. The zero-order chi connectivity index (χ0) is 21.8. The zero-order valence-electron chi connectivity index (χ0n) is 18.4. The molecule has 0 unspecified atom stereocenters. The minimum absolute atomic E-state index is 0.0763. The summed E-state index contributed by atoms with van der Waals surface area (Å²) in [6, 6.07) is 11.8. The van der Waals surface area contributed by atoms with Gasteiger partial charge in [0.15, 0.2) is 0 Å². The average Bonchev–Trinajstić information content (AvgIpc) is 2.75. The molecule has 166 valence electrons. The molecule has 6 nitrogen and oxygen atoms in total. The number of carbonyl (C=O) groups excluding carboxylic acids is 1. The van der Waals surface area contributed by atoms with Gasteiger partial charge in [-0.3, -0.25) is 4.79 Å². The molecule has 0 saturated heterocycles. The molecular weight excluding hydrogens is 390 g/mol. The smallest absolute Gasteiger partial charge is 0.218 e. The molecule has 1 aliphatic carbocycles. The van der Waals surface area contributed by atoms with Crippen LogP contribution < -0.4 is 15.4 Å². The fraction of sp³-hybridized carbons (Fsp3) is 0.520. The Morgan fingerprint density at radius 2 is 2.06 bits per heavy atom. The number of nitrogens with zero attached hydrogens (tertiary/aromatic N) is 1. The number of hydrogen-bond acceptors (Lipinski definition) is 5. The van der Waals surface area contributed by atoms with Crippen LogP contribution in [0, 0.1) is 0 Å². The molecule has 1 amide bonds. The van der Waals surface area contributed by atoms with Crippen LogP contribution in [0.2, 0.25) is 0 Å². The molecule has 31 heavy (non-hydrogen) atoms. The lowest BCUT2D eigenvalue weighted by atomic mass is 9.73. The van der Waals surface area contributed by atoms with Crippen LogP contribution in [-0.2, 0) is 17.6 Å². The van der Waals surface area contributed by atoms with E-state index in [0.717, 1.165) is 42.7 Å². The lowest BCUT2D eigenvalue weighted by molar-refractivity contribution is -0.120. The van der Waals surface area contributed by atoms with Crippen molar-refractivity contribution in [2.45, 2.75) is 76.2 Å². The third kappa shape index (κ3) is 5.08. The largest absolute Gasteiger partial charge is 0.471 e. The first-order chi connectivity index (χ1) is 15.0. The number of fused-ring (bicyclic) bond motifs is 1. The molecular formula is C25H33N3O3. The Labute approximate surface area is 184 Å². The van der Waals surface area contributed by atoms with Crippen LogP contribution in [0.25, 0.3) is 0 Å². The van der Waals surface area contributed by atoms with Crippen LogP contribution in [0.5, 0.6) is 5.88 Å². The number of ether oxygens (including phenoxy) is 1. The second-order valence-corrected chi connectivity index (χ2v) is 8.96. The van der Waals surface area contributed by atoms with E-state index < -0.39 is 6.10 Å². The minimum Gasteiger partial charge on any atom is -0.471 e. The van der Waals surface area contributed by atoms with Gasteiger partial charge in [-0.05, 0) is 49.3 Å². The predicted octanol–water partition coefficient (Wildman–Crippen LogP) is 3.09. The molecule has 1 aromatic carbocycles. The van der Waals surface area contributed by atoms with E-state index in [0.29, 0.717) is 13.0 Å². The summed E-state index contributed by atoms with van der Waals surface area (Å²) in [7, 11) is 0. The van der Waals surface area contributed by atoms with E-state index in [1.807, 2.05) is 36.5 Å². The second-order valence-electron chi connectivity index (χ2n) is 8.96. The Kier molecular flexibility index (Phi) is 6.58. The van der Waals surface area contributed by atoms with Gasteiger partial charge in [0, 0.05) is 37.7 Å². The summed E-state index contributed by atoms with van der Waals surface area (Å²) in [6.45, 7) is 3.99. The van der Waals surface area contributed by atoms with Gasteiger partial charge in [-0.2, -0.15) is 0 Å². The quantitative estimate of drug-likeness (QED) is 0.608. The summed E-state index contributed by atoms with van der Waals surface area (Å²) in [5.41, 5.74) is 3.21. The summed E-state index contributed by atoms with van der Waals surface area (Å²) in [6.07, 6.45) is 6.84. The molecule has 1 aliphatic heterocycles. The monoisotopic (exact) mass is 423 g/mol. The number of amides is 1. The van der Waals surface area contributed by atoms with Crippen LogP contribution >= 0.6 is 0 Å². The summed E-state index contributed by atoms with van der Waals surface area (Å²) < 4.78 is 6.30. The number of pyridine rings is 1. The Morgan fingerprint density at radius 3 is 2.71 bits per heavy atom. The van der Waals surface area contributed by atoms with Crippen LogP contribution in [0.4, 0.5) is 0 Å². The molecule has 0 radical (unpaired) electrons. The van der Waals surface area contributed by atoms with Gasteiger partial charge in [0.2, 0.25) is 11.8 Å². The number of carbonyl (C=O) groups is 1. The third-order valence-electron chi connectivity index (χ3n) is 6.60. The third-order valence-corrected chi connectivity index (χ3v) is 6.60. The van der Waals surface area contributed by atoms with Crippen molar-refractivity contribution in [1.29, 1.82) is 0 Å². The summed E-state index contributed by atoms with van der Waals surface area (Å²) in [5, 5.41) is 17.5. The molecule has 2 aliphatic rings. The van der Waals surface area contributed by atoms with Gasteiger partial charge in [0.1, 0.15) is 5.60 Å². The highest BCUT2D eigenvalue weighted by molar-refractivity contribution is 5.73. The number of aromatic nitrogens is 1. The van der Waals surface area contributed by atoms with Gasteiger partial charge in [-0.1, -0.05) is 37.3 Å². The first kappa shape index (κ1) is 21.8. The van der Waals surface area contributed by atoms with E-state index in [9.17, 15) is 9.90 Å². The summed E-state index contributed by atoms with van der Waals surface area (Å²) >= 11 is 0. The van der Waals surface area contributed by atoms with Gasteiger partial charge in [0.25, 0.3) is 0 Å². The van der Waals surface area contributed by atoms with E-state index >= 15 is 0 Å². The molecule has 0 bridgehead atoms. The van der Waals surface area contributed by atoms with Gasteiger partial charge < -0.3 is 20.5 Å². The Bertz CT molecular complexity index is 898. The maximum Gasteiger partial charge on any atom is 0.218 e. The van der Waals surface area contributed by atoms with E-state index in [4.69, 9.17) is 4.74 Å². The fourth-order valence-corrected chi connectivity index (χ4v) is 4.65. The van der Waals surface area contributed by atoms with Gasteiger partial charge in [-0.25, -0.2) is 4.98 Å². The van der Waals surface area contributed by atoms with Crippen molar-refractivity contribution in [3.8, 4) is 5.88 Å². The second kappa shape index (κ2) is 9.37. The molecule has 2 aromatic rings. The maximum atomic E-state index is 11.8. The first-order valence-corrected chi connectivity index (χ1v) is 11.4. The van der Waals surface area contributed by atoms with Crippen LogP contribution in [0.3, 0.4) is 0 Å². The fourth-order valence-electron chi connectivity index (χ4n) is 4.65. The topological polar surface area (TPSA) is 83.5 Å². The van der Waals surface area contributed by atoms with Crippen LogP contribution in [0.1, 0.15) is 62.3 Å².